The Morgan fingerprint density at radius 2 is 1.94 bits per heavy atom. The number of carbonyl (C=O) groups is 1. The summed E-state index contributed by atoms with van der Waals surface area (Å²) in [6, 6.07) is 10.1. The highest BCUT2D eigenvalue weighted by Gasteiger charge is 2.50. The van der Waals surface area contributed by atoms with Gasteiger partial charge in [-0.25, -0.2) is 4.79 Å². The molecular formula is C24H37N5O6Si. The van der Waals surface area contributed by atoms with Gasteiger partial charge in [-0.1, -0.05) is 32.0 Å². The molecule has 2 heterocycles. The van der Waals surface area contributed by atoms with Crippen LogP contribution in [0.25, 0.3) is 0 Å². The molecule has 11 nitrogen and oxygen atoms in total. The van der Waals surface area contributed by atoms with Crippen LogP contribution in [0.3, 0.4) is 0 Å². The fraction of sp³-hybridized carbons (Fsp3) is 0.542. The van der Waals surface area contributed by atoms with Crippen LogP contribution in [0.2, 0.25) is 18.1 Å². The van der Waals surface area contributed by atoms with Gasteiger partial charge >= 0.3 is 5.69 Å². The van der Waals surface area contributed by atoms with E-state index in [1.807, 2.05) is 26.9 Å². The Bertz CT molecular complexity index is 1090. The molecule has 0 saturated carbocycles. The quantitative estimate of drug-likeness (QED) is 0.197. The third-order valence-corrected chi connectivity index (χ3v) is 10.6. The van der Waals surface area contributed by atoms with Gasteiger partial charge in [0.1, 0.15) is 12.0 Å². The number of aromatic nitrogens is 2. The lowest BCUT2D eigenvalue weighted by Gasteiger charge is -2.38. The van der Waals surface area contributed by atoms with E-state index in [0.29, 0.717) is 24.9 Å². The molecule has 1 aromatic carbocycles. The molecule has 1 aromatic heterocycles. The Morgan fingerprint density at radius 3 is 2.53 bits per heavy atom. The van der Waals surface area contributed by atoms with E-state index in [0.717, 1.165) is 0 Å². The molecule has 7 N–H and O–H groups in total. The van der Waals surface area contributed by atoms with Crippen molar-refractivity contribution in [1.82, 2.24) is 14.9 Å². The van der Waals surface area contributed by atoms with Gasteiger partial charge in [0, 0.05) is 24.2 Å². The minimum atomic E-state index is -2.63. The lowest BCUT2D eigenvalue weighted by molar-refractivity contribution is -0.0297. The van der Waals surface area contributed by atoms with Crippen molar-refractivity contribution in [3.05, 3.63) is 58.6 Å². The Morgan fingerprint density at radius 1 is 1.28 bits per heavy atom. The summed E-state index contributed by atoms with van der Waals surface area (Å²) in [5, 5.41) is 25.2. The average molecular weight is 520 g/mol. The normalized spacial score (nSPS) is 23.4. The van der Waals surface area contributed by atoms with Crippen LogP contribution in [0.1, 0.15) is 43.3 Å². The summed E-state index contributed by atoms with van der Waals surface area (Å²) >= 11 is 0. The van der Waals surface area contributed by atoms with Gasteiger partial charge in [-0.3, -0.25) is 20.4 Å². The summed E-state index contributed by atoms with van der Waals surface area (Å²) in [5.74, 6) is -0.796. The first-order valence-corrected chi connectivity index (χ1v) is 14.9. The van der Waals surface area contributed by atoms with Crippen LogP contribution in [-0.2, 0) is 4.74 Å². The van der Waals surface area contributed by atoms with Crippen LogP contribution < -0.4 is 22.1 Å². The second kappa shape index (κ2) is 11.3. The summed E-state index contributed by atoms with van der Waals surface area (Å²) in [5.41, 5.74) is 5.12. The second-order valence-corrected chi connectivity index (χ2v) is 14.8. The zero-order chi connectivity index (χ0) is 26.7. The number of nitrogens with two attached hydrogens (primary N) is 1. The highest BCUT2D eigenvalue weighted by molar-refractivity contribution is 6.72. The van der Waals surface area contributed by atoms with Gasteiger partial charge in [-0.15, -0.1) is 0 Å². The number of nitrogens with zero attached hydrogens (tertiary/aromatic N) is 2. The summed E-state index contributed by atoms with van der Waals surface area (Å²) in [4.78, 5) is 40.3. The topological polar surface area (TPSA) is 172 Å². The standard InChI is InChI=1S/C24H37N5O6Si/c1-24(2,36(3,4)34)14-16-19(30)17(10-12-26-22(25)32)35-21(16)29-13-11-18(28-23(29)33)27-20(31)15-8-6-5-7-9-15/h5-9,11,13,16-17,19,21-22,26,30,32,34H,10,12,14,25H2,1-4H3,(H,27,28,31,33)/t16?,17-,19?,21-,22?/m1/s1. The maximum Gasteiger partial charge on any atom is 0.351 e. The number of nitrogens with one attached hydrogen (secondary N) is 2. The van der Waals surface area contributed by atoms with Crippen molar-refractivity contribution in [2.24, 2.45) is 11.7 Å². The van der Waals surface area contributed by atoms with E-state index in [4.69, 9.17) is 10.5 Å². The van der Waals surface area contributed by atoms with Gasteiger partial charge < -0.3 is 25.1 Å². The number of anilines is 1. The largest absolute Gasteiger partial charge is 0.432 e. The molecule has 0 bridgehead atoms. The number of amides is 1. The first-order chi connectivity index (χ1) is 16.8. The fourth-order valence-corrected chi connectivity index (χ4v) is 4.94. The van der Waals surface area contributed by atoms with E-state index in [1.165, 1.54) is 16.8 Å². The molecule has 36 heavy (non-hydrogen) atoms. The SMILES string of the molecule is CC(C)(CC1C(O)[C@@H](CCNC(N)O)O[C@H]1n1ccc(NC(=O)c2ccccc2)nc1=O)[Si](C)(C)O. The monoisotopic (exact) mass is 519 g/mol. The Hall–Kier alpha value is -2.45. The van der Waals surface area contributed by atoms with Crippen molar-refractivity contribution < 1.29 is 24.5 Å². The minimum absolute atomic E-state index is 0.0992. The minimum Gasteiger partial charge on any atom is -0.432 e. The summed E-state index contributed by atoms with van der Waals surface area (Å²) < 4.78 is 7.45. The maximum absolute atomic E-state index is 13.0. The molecule has 198 valence electrons. The molecule has 0 aliphatic carbocycles. The molecular weight excluding hydrogens is 482 g/mol. The lowest BCUT2D eigenvalue weighted by Crippen LogP contribution is -2.43. The highest BCUT2D eigenvalue weighted by atomic mass is 28.4. The average Bonchev–Trinajstić information content (AvgIpc) is 3.08. The molecule has 1 amide bonds. The Balaban J connectivity index is 1.85. The zero-order valence-electron chi connectivity index (χ0n) is 21.1. The number of aliphatic hydroxyl groups is 2. The van der Waals surface area contributed by atoms with Crippen molar-refractivity contribution in [2.45, 2.75) is 69.6 Å². The van der Waals surface area contributed by atoms with Gasteiger partial charge in [0.25, 0.3) is 5.91 Å². The zero-order valence-corrected chi connectivity index (χ0v) is 22.1. The predicted octanol–water partition coefficient (Wildman–Crippen LogP) is 0.952. The smallest absolute Gasteiger partial charge is 0.351 e. The van der Waals surface area contributed by atoms with E-state index in [2.05, 4.69) is 15.6 Å². The number of hydrogen-bond donors (Lipinski definition) is 6. The number of rotatable bonds is 10. The van der Waals surface area contributed by atoms with Crippen LogP contribution >= 0.6 is 0 Å². The third-order valence-electron chi connectivity index (χ3n) is 7.07. The van der Waals surface area contributed by atoms with Crippen LogP contribution in [0.5, 0.6) is 0 Å². The van der Waals surface area contributed by atoms with Crippen molar-refractivity contribution in [1.29, 1.82) is 0 Å². The molecule has 1 aliphatic rings. The summed E-state index contributed by atoms with van der Waals surface area (Å²) in [7, 11) is -2.63. The number of benzene rings is 1. The van der Waals surface area contributed by atoms with E-state index in [-0.39, 0.29) is 5.82 Å². The molecule has 3 rings (SSSR count). The van der Waals surface area contributed by atoms with Crippen LogP contribution in [-0.4, -0.2) is 63.9 Å². The molecule has 12 heteroatoms. The number of carbonyl (C=O) groups excluding carboxylic acids is 1. The van der Waals surface area contributed by atoms with E-state index >= 15 is 0 Å². The van der Waals surface area contributed by atoms with Crippen LogP contribution in [0.15, 0.2) is 47.4 Å². The van der Waals surface area contributed by atoms with Gasteiger partial charge in [0.15, 0.2) is 14.7 Å². The summed E-state index contributed by atoms with van der Waals surface area (Å²) in [6.45, 7) is 7.87. The van der Waals surface area contributed by atoms with Crippen molar-refractivity contribution >= 4 is 20.0 Å². The first-order valence-electron chi connectivity index (χ1n) is 12.0. The summed E-state index contributed by atoms with van der Waals surface area (Å²) in [6.07, 6.45) is -1.34. The highest BCUT2D eigenvalue weighted by Crippen LogP contribution is 2.48. The number of hydrogen-bond acceptors (Lipinski definition) is 9. The lowest BCUT2D eigenvalue weighted by atomic mass is 9.89. The van der Waals surface area contributed by atoms with Crippen LogP contribution in [0, 0.1) is 5.92 Å². The number of aliphatic hydroxyl groups excluding tert-OH is 2. The predicted molar refractivity (Wildman–Crippen MR) is 137 cm³/mol. The van der Waals surface area contributed by atoms with E-state index < -0.39 is 55.7 Å². The van der Waals surface area contributed by atoms with Gasteiger partial charge in [-0.2, -0.15) is 4.98 Å². The third kappa shape index (κ3) is 6.65. The molecule has 2 aromatic rings. The molecule has 3 unspecified atom stereocenters. The van der Waals surface area contributed by atoms with Crippen molar-refractivity contribution in [3.63, 3.8) is 0 Å². The second-order valence-electron chi connectivity index (χ2n) is 10.4. The first kappa shape index (κ1) is 28.1. The van der Waals surface area contributed by atoms with Crippen molar-refractivity contribution in [2.75, 3.05) is 11.9 Å². The Labute approximate surface area is 211 Å². The molecule has 0 spiro atoms. The van der Waals surface area contributed by atoms with Gasteiger partial charge in [0.2, 0.25) is 0 Å². The number of ether oxygens (including phenoxy) is 1. The van der Waals surface area contributed by atoms with Crippen molar-refractivity contribution in [3.8, 4) is 0 Å². The Kier molecular flexibility index (Phi) is 8.83. The van der Waals surface area contributed by atoms with Crippen LogP contribution in [0.4, 0.5) is 5.82 Å². The molecule has 1 fully saturated rings. The molecule has 0 radical (unpaired) electrons. The fourth-order valence-electron chi connectivity index (χ4n) is 4.20. The molecule has 1 aliphatic heterocycles. The van der Waals surface area contributed by atoms with E-state index in [9.17, 15) is 24.6 Å². The molecule has 5 atom stereocenters. The maximum atomic E-state index is 13.0. The van der Waals surface area contributed by atoms with Gasteiger partial charge in [-0.05, 0) is 49.2 Å². The molecule has 1 saturated heterocycles. The van der Waals surface area contributed by atoms with Gasteiger partial charge in [0.05, 0.1) is 12.2 Å². The van der Waals surface area contributed by atoms with E-state index in [1.54, 1.807) is 30.3 Å².